The van der Waals surface area contributed by atoms with Crippen molar-refractivity contribution in [3.63, 3.8) is 0 Å². The molecule has 1 N–H and O–H groups in total. The molecule has 1 fully saturated rings. The third-order valence-corrected chi connectivity index (χ3v) is 3.75. The summed E-state index contributed by atoms with van der Waals surface area (Å²) in [5.74, 6) is -0.693. The highest BCUT2D eigenvalue weighted by atomic mass is 16.4. The number of nitrogens with zero attached hydrogens (tertiary/aromatic N) is 1. The van der Waals surface area contributed by atoms with Crippen molar-refractivity contribution >= 4 is 5.97 Å². The van der Waals surface area contributed by atoms with E-state index in [1.165, 1.54) is 24.0 Å². The van der Waals surface area contributed by atoms with Crippen LogP contribution in [0.4, 0.5) is 0 Å². The molecule has 0 aliphatic carbocycles. The first kappa shape index (κ1) is 13.1. The maximum absolute atomic E-state index is 10.6. The molecule has 3 nitrogen and oxygen atoms in total. The number of likely N-dealkylation sites (tertiary alicyclic amines) is 1. The van der Waals surface area contributed by atoms with Gasteiger partial charge < -0.3 is 5.11 Å². The van der Waals surface area contributed by atoms with E-state index in [1.807, 2.05) is 0 Å². The molecule has 1 aliphatic heterocycles. The normalized spacial score (nSPS) is 20.2. The first-order chi connectivity index (χ1) is 8.68. The second-order valence-electron chi connectivity index (χ2n) is 5.05. The van der Waals surface area contributed by atoms with Gasteiger partial charge in [0, 0.05) is 12.5 Å². The van der Waals surface area contributed by atoms with E-state index in [2.05, 4.69) is 36.1 Å². The molecule has 18 heavy (non-hydrogen) atoms. The number of benzene rings is 1. The first-order valence-electron chi connectivity index (χ1n) is 6.70. The van der Waals surface area contributed by atoms with Crippen LogP contribution in [0.1, 0.15) is 42.9 Å². The molecule has 1 aromatic rings. The lowest BCUT2D eigenvalue weighted by Crippen LogP contribution is -2.25. The van der Waals surface area contributed by atoms with Crippen LogP contribution in [0.3, 0.4) is 0 Å². The Bertz CT molecular complexity index is 417. The molecule has 98 valence electrons. The predicted octanol–water partition coefficient (Wildman–Crippen LogP) is 3.00. The predicted molar refractivity (Wildman–Crippen MR) is 71.6 cm³/mol. The molecule has 1 atom stereocenters. The highest BCUT2D eigenvalue weighted by Gasteiger charge is 2.26. The molecular weight excluding hydrogens is 226 g/mol. The van der Waals surface area contributed by atoms with Crippen molar-refractivity contribution in [2.24, 2.45) is 0 Å². The topological polar surface area (TPSA) is 40.5 Å². The van der Waals surface area contributed by atoms with Crippen LogP contribution in [-0.2, 0) is 4.79 Å². The van der Waals surface area contributed by atoms with Crippen LogP contribution in [0, 0.1) is 6.92 Å². The Balaban J connectivity index is 1.99. The molecule has 0 radical (unpaired) electrons. The number of carboxylic acids is 1. The minimum Gasteiger partial charge on any atom is -0.481 e. The van der Waals surface area contributed by atoms with Gasteiger partial charge >= 0.3 is 5.97 Å². The number of carbonyl (C=O) groups is 1. The number of rotatable bonds is 5. The summed E-state index contributed by atoms with van der Waals surface area (Å²) in [4.78, 5) is 13.0. The standard InChI is InChI=1S/C15H21NO2/c1-12-6-2-3-7-13(12)14-8-4-10-16(14)11-5-9-15(17)18/h2-3,6-7,14H,4-5,8-11H2,1H3,(H,17,18). The van der Waals surface area contributed by atoms with E-state index < -0.39 is 5.97 Å². The molecule has 1 aliphatic rings. The van der Waals surface area contributed by atoms with Gasteiger partial charge in [0.2, 0.25) is 0 Å². The fraction of sp³-hybridized carbons (Fsp3) is 0.533. The highest BCUT2D eigenvalue weighted by molar-refractivity contribution is 5.66. The molecule has 0 saturated carbocycles. The number of carboxylic acid groups (broad SMARTS) is 1. The summed E-state index contributed by atoms with van der Waals surface area (Å²) in [5, 5.41) is 8.70. The molecule has 0 spiro atoms. The van der Waals surface area contributed by atoms with Crippen LogP contribution >= 0.6 is 0 Å². The number of aliphatic carboxylic acids is 1. The SMILES string of the molecule is Cc1ccccc1C1CCCN1CCCC(=O)O. The van der Waals surface area contributed by atoms with Crippen molar-refractivity contribution in [1.29, 1.82) is 0 Å². The van der Waals surface area contributed by atoms with E-state index in [1.54, 1.807) is 0 Å². The molecule has 1 aromatic carbocycles. The monoisotopic (exact) mass is 247 g/mol. The first-order valence-corrected chi connectivity index (χ1v) is 6.70. The van der Waals surface area contributed by atoms with Crippen LogP contribution in [0.5, 0.6) is 0 Å². The van der Waals surface area contributed by atoms with Gasteiger partial charge in [-0.15, -0.1) is 0 Å². The summed E-state index contributed by atoms with van der Waals surface area (Å²) < 4.78 is 0. The third kappa shape index (κ3) is 3.10. The van der Waals surface area contributed by atoms with E-state index in [9.17, 15) is 4.79 Å². The molecular formula is C15H21NO2. The van der Waals surface area contributed by atoms with Crippen molar-refractivity contribution in [3.05, 3.63) is 35.4 Å². The van der Waals surface area contributed by atoms with Gasteiger partial charge in [-0.3, -0.25) is 9.69 Å². The van der Waals surface area contributed by atoms with Crippen LogP contribution in [-0.4, -0.2) is 29.1 Å². The number of hydrogen-bond donors (Lipinski definition) is 1. The summed E-state index contributed by atoms with van der Waals surface area (Å²) in [7, 11) is 0. The zero-order valence-electron chi connectivity index (χ0n) is 10.9. The number of hydrogen-bond acceptors (Lipinski definition) is 2. The van der Waals surface area contributed by atoms with Gasteiger partial charge in [-0.2, -0.15) is 0 Å². The second kappa shape index (κ2) is 6.01. The number of aryl methyl sites for hydroxylation is 1. The molecule has 2 rings (SSSR count). The summed E-state index contributed by atoms with van der Waals surface area (Å²) >= 11 is 0. The Morgan fingerprint density at radius 3 is 2.94 bits per heavy atom. The summed E-state index contributed by atoms with van der Waals surface area (Å²) in [6.45, 7) is 4.15. The van der Waals surface area contributed by atoms with E-state index in [-0.39, 0.29) is 6.42 Å². The fourth-order valence-electron chi connectivity index (χ4n) is 2.84. The Hall–Kier alpha value is -1.35. The van der Waals surface area contributed by atoms with Crippen molar-refractivity contribution < 1.29 is 9.90 Å². The van der Waals surface area contributed by atoms with E-state index in [0.717, 1.165) is 19.5 Å². The summed E-state index contributed by atoms with van der Waals surface area (Å²) in [6.07, 6.45) is 3.43. The lowest BCUT2D eigenvalue weighted by Gasteiger charge is -2.25. The Kier molecular flexibility index (Phi) is 4.37. The van der Waals surface area contributed by atoms with Gasteiger partial charge in [-0.05, 0) is 50.4 Å². The molecule has 3 heteroatoms. The van der Waals surface area contributed by atoms with Crippen molar-refractivity contribution in [1.82, 2.24) is 4.90 Å². The van der Waals surface area contributed by atoms with Gasteiger partial charge in [-0.25, -0.2) is 0 Å². The summed E-state index contributed by atoms with van der Waals surface area (Å²) in [5.41, 5.74) is 2.75. The lowest BCUT2D eigenvalue weighted by atomic mass is 9.99. The van der Waals surface area contributed by atoms with Gasteiger partial charge in [0.05, 0.1) is 0 Å². The maximum Gasteiger partial charge on any atom is 0.303 e. The zero-order valence-corrected chi connectivity index (χ0v) is 10.9. The van der Waals surface area contributed by atoms with Crippen molar-refractivity contribution in [2.75, 3.05) is 13.1 Å². The highest BCUT2D eigenvalue weighted by Crippen LogP contribution is 2.33. The molecule has 0 aromatic heterocycles. The van der Waals surface area contributed by atoms with Gasteiger partial charge in [0.25, 0.3) is 0 Å². The minimum atomic E-state index is -0.693. The Morgan fingerprint density at radius 1 is 1.44 bits per heavy atom. The molecule has 1 unspecified atom stereocenters. The van der Waals surface area contributed by atoms with Crippen molar-refractivity contribution in [2.45, 2.75) is 38.6 Å². The largest absolute Gasteiger partial charge is 0.481 e. The Labute approximate surface area is 108 Å². The van der Waals surface area contributed by atoms with E-state index in [4.69, 9.17) is 5.11 Å². The average Bonchev–Trinajstić information content (AvgIpc) is 2.77. The average molecular weight is 247 g/mol. The smallest absolute Gasteiger partial charge is 0.303 e. The lowest BCUT2D eigenvalue weighted by molar-refractivity contribution is -0.137. The fourth-order valence-corrected chi connectivity index (χ4v) is 2.84. The second-order valence-corrected chi connectivity index (χ2v) is 5.05. The maximum atomic E-state index is 10.6. The van der Waals surface area contributed by atoms with Crippen LogP contribution < -0.4 is 0 Å². The van der Waals surface area contributed by atoms with Crippen LogP contribution in [0.2, 0.25) is 0 Å². The van der Waals surface area contributed by atoms with Gasteiger partial charge in [0.15, 0.2) is 0 Å². The van der Waals surface area contributed by atoms with Crippen LogP contribution in [0.15, 0.2) is 24.3 Å². The Morgan fingerprint density at radius 2 is 2.22 bits per heavy atom. The zero-order chi connectivity index (χ0) is 13.0. The van der Waals surface area contributed by atoms with E-state index in [0.29, 0.717) is 6.04 Å². The third-order valence-electron chi connectivity index (χ3n) is 3.75. The van der Waals surface area contributed by atoms with Crippen LogP contribution in [0.25, 0.3) is 0 Å². The van der Waals surface area contributed by atoms with Gasteiger partial charge in [0.1, 0.15) is 0 Å². The summed E-state index contributed by atoms with van der Waals surface area (Å²) in [6, 6.07) is 9.01. The molecule has 0 amide bonds. The molecule has 1 heterocycles. The minimum absolute atomic E-state index is 0.275. The van der Waals surface area contributed by atoms with E-state index >= 15 is 0 Å². The quantitative estimate of drug-likeness (QED) is 0.869. The molecule has 1 saturated heterocycles. The van der Waals surface area contributed by atoms with Gasteiger partial charge in [-0.1, -0.05) is 24.3 Å². The molecule has 0 bridgehead atoms. The van der Waals surface area contributed by atoms with Crippen molar-refractivity contribution in [3.8, 4) is 0 Å².